The van der Waals surface area contributed by atoms with Gasteiger partial charge < -0.3 is 9.84 Å². The fraction of sp³-hybridized carbons (Fsp3) is 0.650. The van der Waals surface area contributed by atoms with Crippen LogP contribution >= 0.6 is 0 Å². The van der Waals surface area contributed by atoms with Crippen molar-refractivity contribution in [2.75, 3.05) is 0 Å². The number of hydrogen-bond donors (Lipinski definition) is 1. The van der Waals surface area contributed by atoms with E-state index in [1.165, 1.54) is 38.5 Å². The molecule has 0 bridgehead atoms. The van der Waals surface area contributed by atoms with E-state index in [4.69, 9.17) is 4.74 Å². The van der Waals surface area contributed by atoms with Crippen LogP contribution in [-0.4, -0.2) is 17.2 Å². The van der Waals surface area contributed by atoms with E-state index in [-0.39, 0.29) is 19.0 Å². The van der Waals surface area contributed by atoms with Crippen molar-refractivity contribution in [1.29, 1.82) is 0 Å². The minimum atomic E-state index is -0.571. The molecule has 0 aliphatic heterocycles. The number of ether oxygens (including phenoxy) is 1. The number of aliphatic hydroxyl groups is 1. The van der Waals surface area contributed by atoms with Gasteiger partial charge in [0.05, 0.1) is 12.5 Å². The summed E-state index contributed by atoms with van der Waals surface area (Å²) in [5, 5.41) is 9.89. The van der Waals surface area contributed by atoms with Gasteiger partial charge in [0.25, 0.3) is 0 Å². The fourth-order valence-electron chi connectivity index (χ4n) is 2.61. The first-order chi connectivity index (χ1) is 11.2. The number of esters is 1. The molecule has 0 amide bonds. The van der Waals surface area contributed by atoms with Gasteiger partial charge in [-0.25, -0.2) is 0 Å². The average molecular weight is 320 g/mol. The molecule has 0 saturated heterocycles. The third-order valence-electron chi connectivity index (χ3n) is 4.04. The summed E-state index contributed by atoms with van der Waals surface area (Å²) >= 11 is 0. The Balaban J connectivity index is 1.98. The van der Waals surface area contributed by atoms with Crippen molar-refractivity contribution in [2.45, 2.75) is 83.8 Å². The molecule has 0 aromatic heterocycles. The summed E-state index contributed by atoms with van der Waals surface area (Å²) in [6.45, 7) is 2.51. The number of carbonyl (C=O) groups is 1. The van der Waals surface area contributed by atoms with E-state index in [2.05, 4.69) is 6.92 Å². The van der Waals surface area contributed by atoms with E-state index in [1.807, 2.05) is 30.3 Å². The lowest BCUT2D eigenvalue weighted by atomic mass is 10.0. The van der Waals surface area contributed by atoms with Crippen LogP contribution in [0.2, 0.25) is 0 Å². The number of unbranched alkanes of at least 4 members (excludes halogenated alkanes) is 7. The Morgan fingerprint density at radius 3 is 2.26 bits per heavy atom. The zero-order valence-corrected chi connectivity index (χ0v) is 14.5. The highest BCUT2D eigenvalue weighted by atomic mass is 16.5. The van der Waals surface area contributed by atoms with Gasteiger partial charge in [-0.05, 0) is 12.0 Å². The number of carbonyl (C=O) groups excluding carboxylic acids is 1. The summed E-state index contributed by atoms with van der Waals surface area (Å²) in [6, 6.07) is 9.61. The minimum Gasteiger partial charge on any atom is -0.461 e. The highest BCUT2D eigenvalue weighted by molar-refractivity contribution is 5.69. The molecule has 23 heavy (non-hydrogen) atoms. The highest BCUT2D eigenvalue weighted by Crippen LogP contribution is 2.12. The molecule has 1 aromatic rings. The van der Waals surface area contributed by atoms with Crippen molar-refractivity contribution in [3.63, 3.8) is 0 Å². The molecule has 1 N–H and O–H groups in total. The zero-order chi connectivity index (χ0) is 16.8. The van der Waals surface area contributed by atoms with E-state index in [0.717, 1.165) is 18.4 Å². The molecule has 1 aromatic carbocycles. The smallest absolute Gasteiger partial charge is 0.308 e. The van der Waals surface area contributed by atoms with Crippen LogP contribution in [0, 0.1) is 0 Å². The van der Waals surface area contributed by atoms with Gasteiger partial charge >= 0.3 is 5.97 Å². The van der Waals surface area contributed by atoms with Crippen LogP contribution in [-0.2, 0) is 16.1 Å². The molecule has 1 atom stereocenters. The maximum absolute atomic E-state index is 11.7. The normalized spacial score (nSPS) is 12.1. The van der Waals surface area contributed by atoms with Crippen LogP contribution in [0.3, 0.4) is 0 Å². The zero-order valence-electron chi connectivity index (χ0n) is 14.5. The van der Waals surface area contributed by atoms with Gasteiger partial charge in [0.1, 0.15) is 6.61 Å². The predicted octanol–water partition coefficient (Wildman–Crippen LogP) is 5.01. The fourth-order valence-corrected chi connectivity index (χ4v) is 2.61. The number of hydrogen-bond acceptors (Lipinski definition) is 3. The lowest BCUT2D eigenvalue weighted by Crippen LogP contribution is -2.15. The highest BCUT2D eigenvalue weighted by Gasteiger charge is 2.11. The molecular weight excluding hydrogens is 288 g/mol. The largest absolute Gasteiger partial charge is 0.461 e. The lowest BCUT2D eigenvalue weighted by molar-refractivity contribution is -0.147. The van der Waals surface area contributed by atoms with Crippen molar-refractivity contribution >= 4 is 5.97 Å². The van der Waals surface area contributed by atoms with Crippen LogP contribution in [0.5, 0.6) is 0 Å². The Hall–Kier alpha value is -1.35. The minimum absolute atomic E-state index is 0.101. The summed E-state index contributed by atoms with van der Waals surface area (Å²) in [4.78, 5) is 11.7. The predicted molar refractivity (Wildman–Crippen MR) is 94.1 cm³/mol. The molecule has 0 spiro atoms. The third kappa shape index (κ3) is 10.9. The number of aliphatic hydroxyl groups excluding tert-OH is 1. The van der Waals surface area contributed by atoms with E-state index in [9.17, 15) is 9.90 Å². The van der Waals surface area contributed by atoms with Gasteiger partial charge in [-0.3, -0.25) is 4.79 Å². The molecule has 3 heteroatoms. The molecule has 3 nitrogen and oxygen atoms in total. The first-order valence-corrected chi connectivity index (χ1v) is 9.10. The SMILES string of the molecule is CCCCCCCCCC[C@@H](O)CC(=O)OCc1ccccc1. The summed E-state index contributed by atoms with van der Waals surface area (Å²) < 4.78 is 5.18. The van der Waals surface area contributed by atoms with Gasteiger partial charge in [-0.2, -0.15) is 0 Å². The van der Waals surface area contributed by atoms with Crippen LogP contribution in [0.4, 0.5) is 0 Å². The Labute approximate surface area is 141 Å². The molecule has 0 heterocycles. The topological polar surface area (TPSA) is 46.5 Å². The van der Waals surface area contributed by atoms with Crippen molar-refractivity contribution in [3.05, 3.63) is 35.9 Å². The molecule has 130 valence electrons. The second kappa shape index (κ2) is 13.1. The molecule has 1 rings (SSSR count). The number of rotatable bonds is 13. The maximum Gasteiger partial charge on any atom is 0.308 e. The summed E-state index contributed by atoms with van der Waals surface area (Å²) in [5.74, 6) is -0.319. The Morgan fingerprint density at radius 1 is 1.00 bits per heavy atom. The first-order valence-electron chi connectivity index (χ1n) is 9.10. The quantitative estimate of drug-likeness (QED) is 0.410. The standard InChI is InChI=1S/C20H32O3/c1-2-3-4-5-6-7-8-12-15-19(21)16-20(22)23-17-18-13-10-9-11-14-18/h9-11,13-14,19,21H,2-8,12,15-17H2,1H3/t19-/m1/s1. The Bertz CT molecular complexity index is 403. The van der Waals surface area contributed by atoms with Gasteiger partial charge in [-0.15, -0.1) is 0 Å². The second-order valence-electron chi connectivity index (χ2n) is 6.27. The van der Waals surface area contributed by atoms with Crippen molar-refractivity contribution in [2.24, 2.45) is 0 Å². The summed E-state index contributed by atoms with van der Waals surface area (Å²) in [6.07, 6.45) is 10.1. The van der Waals surface area contributed by atoms with Gasteiger partial charge in [0.15, 0.2) is 0 Å². The van der Waals surface area contributed by atoms with Crippen molar-refractivity contribution in [3.8, 4) is 0 Å². The van der Waals surface area contributed by atoms with Gasteiger partial charge in [0, 0.05) is 0 Å². The molecule has 0 saturated carbocycles. The maximum atomic E-state index is 11.7. The van der Waals surface area contributed by atoms with Gasteiger partial charge in [-0.1, -0.05) is 88.6 Å². The Morgan fingerprint density at radius 2 is 1.61 bits per heavy atom. The van der Waals surface area contributed by atoms with Gasteiger partial charge in [0.2, 0.25) is 0 Å². The van der Waals surface area contributed by atoms with E-state index < -0.39 is 6.10 Å². The summed E-state index contributed by atoms with van der Waals surface area (Å²) in [5.41, 5.74) is 0.971. The van der Waals surface area contributed by atoms with Crippen molar-refractivity contribution in [1.82, 2.24) is 0 Å². The summed E-state index contributed by atoms with van der Waals surface area (Å²) in [7, 11) is 0. The average Bonchev–Trinajstić information content (AvgIpc) is 2.56. The Kier molecular flexibility index (Phi) is 11.2. The van der Waals surface area contributed by atoms with Crippen LogP contribution < -0.4 is 0 Å². The van der Waals surface area contributed by atoms with Crippen LogP contribution in [0.15, 0.2) is 30.3 Å². The molecule has 0 fully saturated rings. The molecular formula is C20H32O3. The van der Waals surface area contributed by atoms with E-state index in [0.29, 0.717) is 6.42 Å². The van der Waals surface area contributed by atoms with Crippen LogP contribution in [0.1, 0.15) is 76.7 Å². The molecule has 0 radical (unpaired) electrons. The lowest BCUT2D eigenvalue weighted by Gasteiger charge is -2.10. The third-order valence-corrected chi connectivity index (χ3v) is 4.04. The molecule has 0 unspecified atom stereocenters. The second-order valence-corrected chi connectivity index (χ2v) is 6.27. The van der Waals surface area contributed by atoms with E-state index in [1.54, 1.807) is 0 Å². The van der Waals surface area contributed by atoms with E-state index >= 15 is 0 Å². The monoisotopic (exact) mass is 320 g/mol. The van der Waals surface area contributed by atoms with Crippen LogP contribution in [0.25, 0.3) is 0 Å². The number of benzene rings is 1. The molecule has 0 aliphatic carbocycles. The van der Waals surface area contributed by atoms with Crippen molar-refractivity contribution < 1.29 is 14.6 Å². The molecule has 0 aliphatic rings. The first kappa shape index (κ1) is 19.7.